The second-order valence-electron chi connectivity index (χ2n) is 9.24. The highest BCUT2D eigenvalue weighted by Crippen LogP contribution is 2.26. The summed E-state index contributed by atoms with van der Waals surface area (Å²) in [6.45, 7) is 3.83. The van der Waals surface area contributed by atoms with Crippen molar-refractivity contribution in [3.05, 3.63) is 41.6 Å². The van der Waals surface area contributed by atoms with Gasteiger partial charge in [0.05, 0.1) is 6.04 Å². The highest BCUT2D eigenvalue weighted by molar-refractivity contribution is 6.05. The monoisotopic (exact) mass is 464 g/mol. The number of rotatable bonds is 4. The summed E-state index contributed by atoms with van der Waals surface area (Å²) < 4.78 is 3.49. The molecular formula is C23H28N8O3. The van der Waals surface area contributed by atoms with E-state index in [2.05, 4.69) is 25.5 Å². The Bertz CT molecular complexity index is 1310. The summed E-state index contributed by atoms with van der Waals surface area (Å²) in [7, 11) is 5.76. The molecule has 0 saturated carbocycles. The molecule has 11 heteroatoms. The number of fused-ring (bicyclic) bond motifs is 3. The SMILES string of the molecule is C[C@@H]1CNC(=O)c2cc3ccc(C(=O)Nc4cn(C)c(C(=O)N5CC[C@H](N(C)C)C5)n4)nc3n21. The molecule has 3 aromatic heterocycles. The first kappa shape index (κ1) is 22.1. The molecule has 3 aromatic rings. The van der Waals surface area contributed by atoms with Crippen LogP contribution in [0.3, 0.4) is 0 Å². The van der Waals surface area contributed by atoms with Gasteiger partial charge in [0, 0.05) is 44.3 Å². The summed E-state index contributed by atoms with van der Waals surface area (Å²) in [5, 5.41) is 6.40. The summed E-state index contributed by atoms with van der Waals surface area (Å²) in [6, 6.07) is 5.54. The summed E-state index contributed by atoms with van der Waals surface area (Å²) in [6.07, 6.45) is 2.54. The van der Waals surface area contributed by atoms with Crippen molar-refractivity contribution < 1.29 is 14.4 Å². The Labute approximate surface area is 196 Å². The molecule has 2 aliphatic rings. The summed E-state index contributed by atoms with van der Waals surface area (Å²) in [5.41, 5.74) is 1.33. The third-order valence-corrected chi connectivity index (χ3v) is 6.64. The Kier molecular flexibility index (Phi) is 5.35. The van der Waals surface area contributed by atoms with Gasteiger partial charge in [-0.1, -0.05) is 0 Å². The summed E-state index contributed by atoms with van der Waals surface area (Å²) in [4.78, 5) is 51.0. The molecule has 2 aliphatic heterocycles. The number of imidazole rings is 1. The molecule has 0 bridgehead atoms. The molecule has 1 saturated heterocycles. The number of aromatic nitrogens is 4. The van der Waals surface area contributed by atoms with Crippen LogP contribution in [0, 0.1) is 0 Å². The smallest absolute Gasteiger partial charge is 0.289 e. The number of carbonyl (C=O) groups is 3. The van der Waals surface area contributed by atoms with E-state index in [0.29, 0.717) is 37.0 Å². The van der Waals surface area contributed by atoms with E-state index in [1.807, 2.05) is 25.6 Å². The van der Waals surface area contributed by atoms with Crippen LogP contribution in [0.5, 0.6) is 0 Å². The zero-order valence-electron chi connectivity index (χ0n) is 19.7. The maximum Gasteiger partial charge on any atom is 0.289 e. The fraction of sp³-hybridized carbons (Fsp3) is 0.435. The number of likely N-dealkylation sites (tertiary alicyclic amines) is 1. The standard InChI is InChI=1S/C23H28N8O3/c1-13-10-24-22(33)17-9-14-5-6-16(25-19(14)31(13)17)21(32)27-18-12-29(4)20(26-18)23(34)30-8-7-15(11-30)28(2)3/h5-6,9,12-13,15H,7-8,10-11H2,1-4H3,(H,24,33)(H,27,32)/t13-,15+/m1/s1. The zero-order valence-corrected chi connectivity index (χ0v) is 19.7. The van der Waals surface area contributed by atoms with E-state index in [1.54, 1.807) is 40.9 Å². The van der Waals surface area contributed by atoms with E-state index < -0.39 is 5.91 Å². The van der Waals surface area contributed by atoms with Crippen LogP contribution < -0.4 is 10.6 Å². The van der Waals surface area contributed by atoms with Crippen LogP contribution in [0.1, 0.15) is 51.0 Å². The first-order chi connectivity index (χ1) is 16.2. The van der Waals surface area contributed by atoms with E-state index in [-0.39, 0.29) is 35.2 Å². The Hall–Kier alpha value is -3.73. The maximum absolute atomic E-state index is 13.0. The number of hydrogen-bond acceptors (Lipinski definition) is 6. The first-order valence-corrected chi connectivity index (χ1v) is 11.3. The van der Waals surface area contributed by atoms with Crippen LogP contribution >= 0.6 is 0 Å². The molecule has 5 heterocycles. The molecule has 2 atom stereocenters. The second-order valence-corrected chi connectivity index (χ2v) is 9.24. The highest BCUT2D eigenvalue weighted by atomic mass is 16.2. The average molecular weight is 465 g/mol. The molecular weight excluding hydrogens is 436 g/mol. The van der Waals surface area contributed by atoms with Gasteiger partial charge in [-0.15, -0.1) is 0 Å². The molecule has 178 valence electrons. The number of nitrogens with zero attached hydrogens (tertiary/aromatic N) is 6. The van der Waals surface area contributed by atoms with Gasteiger partial charge in [-0.3, -0.25) is 14.4 Å². The molecule has 11 nitrogen and oxygen atoms in total. The van der Waals surface area contributed by atoms with E-state index in [0.717, 1.165) is 11.8 Å². The lowest BCUT2D eigenvalue weighted by Gasteiger charge is -2.23. The number of pyridine rings is 1. The van der Waals surface area contributed by atoms with Crippen molar-refractivity contribution in [3.63, 3.8) is 0 Å². The zero-order chi connectivity index (χ0) is 24.1. The molecule has 5 rings (SSSR count). The largest absolute Gasteiger partial charge is 0.349 e. The first-order valence-electron chi connectivity index (χ1n) is 11.3. The third kappa shape index (κ3) is 3.71. The van der Waals surface area contributed by atoms with Crippen LogP contribution in [-0.4, -0.2) is 86.4 Å². The molecule has 3 amide bonds. The topological polar surface area (TPSA) is 117 Å². The van der Waals surface area contributed by atoms with Gasteiger partial charge in [0.15, 0.2) is 5.82 Å². The Morgan fingerprint density at radius 3 is 2.76 bits per heavy atom. The van der Waals surface area contributed by atoms with E-state index in [1.165, 1.54) is 0 Å². The van der Waals surface area contributed by atoms with Crippen LogP contribution in [0.25, 0.3) is 11.0 Å². The van der Waals surface area contributed by atoms with Gasteiger partial charge in [-0.2, -0.15) is 0 Å². The van der Waals surface area contributed by atoms with Crippen LogP contribution in [0.15, 0.2) is 24.4 Å². The Balaban J connectivity index is 1.35. The van der Waals surface area contributed by atoms with Crippen molar-refractivity contribution in [2.45, 2.75) is 25.4 Å². The minimum Gasteiger partial charge on any atom is -0.349 e. The van der Waals surface area contributed by atoms with Crippen LogP contribution in [0.4, 0.5) is 5.82 Å². The maximum atomic E-state index is 13.0. The lowest BCUT2D eigenvalue weighted by Crippen LogP contribution is -2.37. The fourth-order valence-electron chi connectivity index (χ4n) is 4.66. The molecule has 2 N–H and O–H groups in total. The van der Waals surface area contributed by atoms with Gasteiger partial charge in [0.1, 0.15) is 17.0 Å². The van der Waals surface area contributed by atoms with E-state index >= 15 is 0 Å². The van der Waals surface area contributed by atoms with Crippen molar-refractivity contribution in [2.24, 2.45) is 7.05 Å². The van der Waals surface area contributed by atoms with Gasteiger partial charge in [0.2, 0.25) is 5.82 Å². The van der Waals surface area contributed by atoms with Crippen molar-refractivity contribution >= 4 is 34.6 Å². The number of aryl methyl sites for hydroxylation is 1. The predicted octanol–water partition coefficient (Wildman–Crippen LogP) is 1.10. The van der Waals surface area contributed by atoms with Crippen molar-refractivity contribution in [1.82, 2.24) is 34.2 Å². The van der Waals surface area contributed by atoms with Gasteiger partial charge in [-0.25, -0.2) is 9.97 Å². The number of hydrogen-bond donors (Lipinski definition) is 2. The molecule has 0 radical (unpaired) electrons. The van der Waals surface area contributed by atoms with Crippen molar-refractivity contribution in [2.75, 3.05) is 39.0 Å². The highest BCUT2D eigenvalue weighted by Gasteiger charge is 2.30. The van der Waals surface area contributed by atoms with Crippen LogP contribution in [-0.2, 0) is 7.05 Å². The number of likely N-dealkylation sites (N-methyl/N-ethyl adjacent to an activating group) is 1. The van der Waals surface area contributed by atoms with Crippen molar-refractivity contribution in [1.29, 1.82) is 0 Å². The molecule has 34 heavy (non-hydrogen) atoms. The minimum absolute atomic E-state index is 0.0260. The van der Waals surface area contributed by atoms with Crippen molar-refractivity contribution in [3.8, 4) is 0 Å². The van der Waals surface area contributed by atoms with Gasteiger partial charge < -0.3 is 29.6 Å². The molecule has 0 aromatic carbocycles. The number of anilines is 1. The summed E-state index contributed by atoms with van der Waals surface area (Å²) >= 11 is 0. The normalized spacial score (nSPS) is 20.0. The molecule has 0 unspecified atom stereocenters. The fourth-order valence-corrected chi connectivity index (χ4v) is 4.66. The van der Waals surface area contributed by atoms with Gasteiger partial charge in [0.25, 0.3) is 17.7 Å². The lowest BCUT2D eigenvalue weighted by molar-refractivity contribution is 0.0766. The second kappa shape index (κ2) is 8.24. The predicted molar refractivity (Wildman–Crippen MR) is 126 cm³/mol. The van der Waals surface area contributed by atoms with Gasteiger partial charge in [-0.05, 0) is 45.6 Å². The Morgan fingerprint density at radius 1 is 1.24 bits per heavy atom. The molecule has 0 spiro atoms. The lowest BCUT2D eigenvalue weighted by atomic mass is 10.2. The summed E-state index contributed by atoms with van der Waals surface area (Å²) in [5.74, 6) is -0.178. The van der Waals surface area contributed by atoms with Crippen LogP contribution in [0.2, 0.25) is 0 Å². The number of carbonyl (C=O) groups excluding carboxylic acids is 3. The quantitative estimate of drug-likeness (QED) is 0.597. The number of amides is 3. The average Bonchev–Trinajstić information content (AvgIpc) is 3.52. The minimum atomic E-state index is -0.434. The molecule has 0 aliphatic carbocycles. The van der Waals surface area contributed by atoms with E-state index in [9.17, 15) is 14.4 Å². The molecule has 1 fully saturated rings. The van der Waals surface area contributed by atoms with Gasteiger partial charge >= 0.3 is 0 Å². The third-order valence-electron chi connectivity index (χ3n) is 6.64. The Morgan fingerprint density at radius 2 is 2.03 bits per heavy atom. The van der Waals surface area contributed by atoms with E-state index in [4.69, 9.17) is 0 Å². The number of nitrogens with one attached hydrogen (secondary N) is 2.